The number of amides is 1. The van der Waals surface area contributed by atoms with E-state index in [0.29, 0.717) is 26.2 Å². The molecule has 0 radical (unpaired) electrons. The number of nitrogens with zero attached hydrogens (tertiary/aromatic N) is 2. The highest BCUT2D eigenvalue weighted by Gasteiger charge is 2.34. The second-order valence-corrected chi connectivity index (χ2v) is 7.29. The van der Waals surface area contributed by atoms with E-state index >= 15 is 0 Å². The van der Waals surface area contributed by atoms with Gasteiger partial charge in [0.25, 0.3) is 10.2 Å². The van der Waals surface area contributed by atoms with Crippen LogP contribution in [-0.2, 0) is 21.5 Å². The Balaban J connectivity index is 2.03. The Morgan fingerprint density at radius 1 is 1.18 bits per heavy atom. The van der Waals surface area contributed by atoms with Crippen LogP contribution in [0.15, 0.2) is 30.3 Å². The Bertz CT molecular complexity index is 589. The lowest BCUT2D eigenvalue weighted by atomic mass is 10.2. The molecule has 1 saturated heterocycles. The molecule has 0 aliphatic carbocycles. The molecule has 1 aromatic rings. The summed E-state index contributed by atoms with van der Waals surface area (Å²) in [5.74, 6) is -0.244. The fraction of sp³-hybridized carbons (Fsp3) is 0.533. The maximum atomic E-state index is 12.6. The van der Waals surface area contributed by atoms with E-state index in [1.54, 1.807) is 0 Å². The van der Waals surface area contributed by atoms with Gasteiger partial charge in [0, 0.05) is 26.2 Å². The van der Waals surface area contributed by atoms with Gasteiger partial charge >= 0.3 is 0 Å². The highest BCUT2D eigenvalue weighted by molar-refractivity contribution is 7.86. The van der Waals surface area contributed by atoms with Gasteiger partial charge in [-0.1, -0.05) is 37.3 Å². The van der Waals surface area contributed by atoms with Crippen molar-refractivity contribution in [1.29, 1.82) is 0 Å². The number of benzene rings is 1. The van der Waals surface area contributed by atoms with E-state index in [4.69, 9.17) is 0 Å². The third kappa shape index (κ3) is 4.28. The SMILES string of the molecule is CCCNC(=O)CN1CCCN(Cc2ccccc2)S1(=O)=O. The van der Waals surface area contributed by atoms with Crippen LogP contribution in [0.4, 0.5) is 0 Å². The van der Waals surface area contributed by atoms with Gasteiger partial charge in [0.2, 0.25) is 5.91 Å². The van der Waals surface area contributed by atoms with Crippen LogP contribution in [0.25, 0.3) is 0 Å². The Kier molecular flexibility index (Phi) is 5.93. The number of hydrogen-bond acceptors (Lipinski definition) is 3. The Hall–Kier alpha value is -1.44. The molecule has 1 N–H and O–H groups in total. The van der Waals surface area contributed by atoms with Crippen LogP contribution < -0.4 is 5.32 Å². The third-order valence-corrected chi connectivity index (χ3v) is 5.49. The van der Waals surface area contributed by atoms with Crippen molar-refractivity contribution in [3.63, 3.8) is 0 Å². The Morgan fingerprint density at radius 3 is 2.55 bits per heavy atom. The van der Waals surface area contributed by atoms with Crippen LogP contribution in [0.5, 0.6) is 0 Å². The molecule has 0 atom stereocenters. The average molecular weight is 325 g/mol. The van der Waals surface area contributed by atoms with Gasteiger partial charge in [0.15, 0.2) is 0 Å². The molecule has 6 nitrogen and oxygen atoms in total. The molecule has 22 heavy (non-hydrogen) atoms. The van der Waals surface area contributed by atoms with Crippen LogP contribution in [0, 0.1) is 0 Å². The molecule has 0 aromatic heterocycles. The molecular formula is C15H23N3O3S. The van der Waals surface area contributed by atoms with E-state index in [1.807, 2.05) is 37.3 Å². The summed E-state index contributed by atoms with van der Waals surface area (Å²) in [5.41, 5.74) is 0.948. The first-order valence-corrected chi connectivity index (χ1v) is 8.99. The van der Waals surface area contributed by atoms with Crippen LogP contribution in [-0.4, -0.2) is 49.1 Å². The molecule has 1 aliphatic rings. The second-order valence-electron chi connectivity index (χ2n) is 5.36. The highest BCUT2D eigenvalue weighted by Crippen LogP contribution is 2.18. The quantitative estimate of drug-likeness (QED) is 0.847. The van der Waals surface area contributed by atoms with Gasteiger partial charge in [-0.05, 0) is 18.4 Å². The maximum Gasteiger partial charge on any atom is 0.282 e. The van der Waals surface area contributed by atoms with E-state index in [-0.39, 0.29) is 12.5 Å². The van der Waals surface area contributed by atoms with Crippen molar-refractivity contribution in [2.24, 2.45) is 0 Å². The lowest BCUT2D eigenvalue weighted by Gasteiger charge is -2.34. The van der Waals surface area contributed by atoms with E-state index in [1.165, 1.54) is 8.61 Å². The zero-order valence-electron chi connectivity index (χ0n) is 12.9. The van der Waals surface area contributed by atoms with Crippen LogP contribution >= 0.6 is 0 Å². The molecule has 1 fully saturated rings. The summed E-state index contributed by atoms with van der Waals surface area (Å²) < 4.78 is 27.9. The number of nitrogens with one attached hydrogen (secondary N) is 1. The van der Waals surface area contributed by atoms with Crippen molar-refractivity contribution in [2.45, 2.75) is 26.3 Å². The normalized spacial score (nSPS) is 19.0. The molecule has 2 rings (SSSR count). The van der Waals surface area contributed by atoms with Gasteiger partial charge in [-0.25, -0.2) is 0 Å². The summed E-state index contributed by atoms with van der Waals surface area (Å²) >= 11 is 0. The van der Waals surface area contributed by atoms with Crippen molar-refractivity contribution in [3.8, 4) is 0 Å². The number of carbonyl (C=O) groups excluding carboxylic acids is 1. The maximum absolute atomic E-state index is 12.6. The van der Waals surface area contributed by atoms with Crippen molar-refractivity contribution in [1.82, 2.24) is 13.9 Å². The van der Waals surface area contributed by atoms with Crippen molar-refractivity contribution >= 4 is 16.1 Å². The van der Waals surface area contributed by atoms with Crippen molar-refractivity contribution in [2.75, 3.05) is 26.2 Å². The van der Waals surface area contributed by atoms with Crippen LogP contribution in [0.2, 0.25) is 0 Å². The first kappa shape index (κ1) is 16.9. The summed E-state index contributed by atoms with van der Waals surface area (Å²) in [6.45, 7) is 3.65. The topological polar surface area (TPSA) is 69.7 Å². The van der Waals surface area contributed by atoms with Crippen LogP contribution in [0.1, 0.15) is 25.3 Å². The molecule has 0 saturated carbocycles. The van der Waals surface area contributed by atoms with Gasteiger partial charge in [-0.3, -0.25) is 4.79 Å². The monoisotopic (exact) mass is 325 g/mol. The zero-order valence-corrected chi connectivity index (χ0v) is 13.7. The van der Waals surface area contributed by atoms with Gasteiger partial charge in [0.1, 0.15) is 0 Å². The molecule has 1 aromatic carbocycles. The van der Waals surface area contributed by atoms with Gasteiger partial charge in [0.05, 0.1) is 6.54 Å². The molecule has 1 amide bonds. The molecule has 0 bridgehead atoms. The second kappa shape index (κ2) is 7.71. The molecule has 0 spiro atoms. The smallest absolute Gasteiger partial charge is 0.282 e. The third-order valence-electron chi connectivity index (χ3n) is 3.56. The van der Waals surface area contributed by atoms with Gasteiger partial charge < -0.3 is 5.32 Å². The van der Waals surface area contributed by atoms with E-state index < -0.39 is 10.2 Å². The van der Waals surface area contributed by atoms with E-state index in [9.17, 15) is 13.2 Å². The van der Waals surface area contributed by atoms with E-state index in [0.717, 1.165) is 18.4 Å². The summed E-state index contributed by atoms with van der Waals surface area (Å²) in [5, 5.41) is 2.72. The minimum Gasteiger partial charge on any atom is -0.355 e. The molecule has 1 aliphatic heterocycles. The van der Waals surface area contributed by atoms with E-state index in [2.05, 4.69) is 5.32 Å². The number of carbonyl (C=O) groups is 1. The lowest BCUT2D eigenvalue weighted by molar-refractivity contribution is -0.121. The Labute approximate surface area is 132 Å². The number of hydrogen-bond donors (Lipinski definition) is 1. The molecule has 0 unspecified atom stereocenters. The van der Waals surface area contributed by atoms with Gasteiger partial charge in [-0.2, -0.15) is 17.0 Å². The molecule has 1 heterocycles. The first-order chi connectivity index (χ1) is 10.5. The fourth-order valence-corrected chi connectivity index (χ4v) is 4.05. The zero-order chi connectivity index (χ0) is 16.0. The fourth-order valence-electron chi connectivity index (χ4n) is 2.41. The minimum absolute atomic E-state index is 0.104. The standard InChI is InChI=1S/C15H23N3O3S/c1-2-9-16-15(19)13-18-11-6-10-17(22(18,20)21)12-14-7-4-3-5-8-14/h3-5,7-8H,2,6,9-13H2,1H3,(H,16,19). The van der Waals surface area contributed by atoms with Crippen molar-refractivity contribution in [3.05, 3.63) is 35.9 Å². The molecule has 122 valence electrons. The molecule has 7 heteroatoms. The van der Waals surface area contributed by atoms with Crippen molar-refractivity contribution < 1.29 is 13.2 Å². The predicted molar refractivity (Wildman–Crippen MR) is 85.3 cm³/mol. The molecular weight excluding hydrogens is 302 g/mol. The summed E-state index contributed by atoms with van der Waals surface area (Å²) in [7, 11) is -3.58. The average Bonchev–Trinajstić information content (AvgIpc) is 2.50. The summed E-state index contributed by atoms with van der Waals surface area (Å²) in [4.78, 5) is 11.8. The first-order valence-electron chi connectivity index (χ1n) is 7.60. The highest BCUT2D eigenvalue weighted by atomic mass is 32.2. The summed E-state index contributed by atoms with van der Waals surface area (Å²) in [6, 6.07) is 9.49. The Morgan fingerprint density at radius 2 is 1.86 bits per heavy atom. The van der Waals surface area contributed by atoms with Gasteiger partial charge in [-0.15, -0.1) is 0 Å². The number of rotatable bonds is 6. The lowest BCUT2D eigenvalue weighted by Crippen LogP contribution is -2.52. The summed E-state index contributed by atoms with van der Waals surface area (Å²) in [6.07, 6.45) is 1.56. The minimum atomic E-state index is -3.58. The van der Waals surface area contributed by atoms with Crippen LogP contribution in [0.3, 0.4) is 0 Å². The predicted octanol–water partition coefficient (Wildman–Crippen LogP) is 0.965. The largest absolute Gasteiger partial charge is 0.355 e.